The van der Waals surface area contributed by atoms with Gasteiger partial charge in [0.1, 0.15) is 11.4 Å². The Morgan fingerprint density at radius 3 is 2.80 bits per heavy atom. The standard InChI is InChI=1S/C17H23N5O3/c1-10-15(25-9-11-4-5-12(11)17(23)24-3)7-6-13(19-10)16-14(8-18)22(2)21-20-16/h6-7,11-12H,4-5,8-9,18H2,1-3H3/t11-,12+/m0/s1. The monoisotopic (exact) mass is 345 g/mol. The van der Waals surface area contributed by atoms with Crippen molar-refractivity contribution >= 4 is 5.97 Å². The van der Waals surface area contributed by atoms with Gasteiger partial charge >= 0.3 is 5.97 Å². The fourth-order valence-corrected chi connectivity index (χ4v) is 3.06. The van der Waals surface area contributed by atoms with Gasteiger partial charge in [0.15, 0.2) is 0 Å². The van der Waals surface area contributed by atoms with Crippen LogP contribution >= 0.6 is 0 Å². The van der Waals surface area contributed by atoms with E-state index in [1.54, 1.807) is 11.7 Å². The lowest BCUT2D eigenvalue weighted by atomic mass is 9.74. The highest BCUT2D eigenvalue weighted by Gasteiger charge is 2.37. The molecule has 2 aromatic heterocycles. The Labute approximate surface area is 146 Å². The van der Waals surface area contributed by atoms with Gasteiger partial charge in [-0.15, -0.1) is 5.10 Å². The molecule has 0 unspecified atom stereocenters. The van der Waals surface area contributed by atoms with E-state index in [0.717, 1.165) is 29.9 Å². The van der Waals surface area contributed by atoms with Crippen molar-refractivity contribution in [2.75, 3.05) is 13.7 Å². The van der Waals surface area contributed by atoms with E-state index < -0.39 is 0 Å². The largest absolute Gasteiger partial charge is 0.491 e. The van der Waals surface area contributed by atoms with Gasteiger partial charge in [-0.2, -0.15) is 0 Å². The van der Waals surface area contributed by atoms with Gasteiger partial charge in [-0.05, 0) is 31.9 Å². The summed E-state index contributed by atoms with van der Waals surface area (Å²) in [5.74, 6) is 0.707. The second-order valence-corrected chi connectivity index (χ2v) is 6.27. The molecule has 2 aromatic rings. The van der Waals surface area contributed by atoms with Crippen LogP contribution in [-0.2, 0) is 23.1 Å². The first-order valence-corrected chi connectivity index (χ1v) is 8.32. The van der Waals surface area contributed by atoms with Crippen molar-refractivity contribution in [2.45, 2.75) is 26.3 Å². The fourth-order valence-electron chi connectivity index (χ4n) is 3.06. The Hall–Kier alpha value is -2.48. The zero-order valence-electron chi connectivity index (χ0n) is 14.7. The van der Waals surface area contributed by atoms with E-state index in [1.165, 1.54) is 7.11 Å². The quantitative estimate of drug-likeness (QED) is 0.785. The van der Waals surface area contributed by atoms with Crippen molar-refractivity contribution in [2.24, 2.45) is 24.6 Å². The minimum Gasteiger partial charge on any atom is -0.491 e. The molecule has 0 saturated heterocycles. The molecule has 0 amide bonds. The average Bonchev–Trinajstić information content (AvgIpc) is 2.95. The third-order valence-corrected chi connectivity index (χ3v) is 4.79. The number of nitrogens with two attached hydrogens (primary N) is 1. The van der Waals surface area contributed by atoms with Crippen molar-refractivity contribution in [3.8, 4) is 17.1 Å². The SMILES string of the molecule is COC(=O)[C@@H]1CC[C@H]1COc1ccc(-c2nnn(C)c2CN)nc1C. The number of hydrogen-bond acceptors (Lipinski definition) is 7. The Bertz CT molecular complexity index is 774. The molecule has 8 nitrogen and oxygen atoms in total. The van der Waals surface area contributed by atoms with Crippen LogP contribution in [0.15, 0.2) is 12.1 Å². The van der Waals surface area contributed by atoms with Crippen LogP contribution in [0.3, 0.4) is 0 Å². The van der Waals surface area contributed by atoms with Crippen molar-refractivity contribution in [3.63, 3.8) is 0 Å². The van der Waals surface area contributed by atoms with E-state index in [-0.39, 0.29) is 17.8 Å². The molecule has 0 aromatic carbocycles. The zero-order valence-corrected chi connectivity index (χ0v) is 14.7. The summed E-state index contributed by atoms with van der Waals surface area (Å²) in [6.07, 6.45) is 1.84. The lowest BCUT2D eigenvalue weighted by molar-refractivity contribution is -0.152. The number of methoxy groups -OCH3 is 1. The zero-order chi connectivity index (χ0) is 18.0. The number of rotatable bonds is 6. The molecule has 134 valence electrons. The minimum atomic E-state index is -0.151. The molecule has 8 heteroatoms. The van der Waals surface area contributed by atoms with Crippen LogP contribution in [0.4, 0.5) is 0 Å². The number of aryl methyl sites for hydroxylation is 2. The number of pyridine rings is 1. The average molecular weight is 345 g/mol. The highest BCUT2D eigenvalue weighted by Crippen LogP contribution is 2.36. The number of esters is 1. The Kier molecular flexibility index (Phi) is 4.98. The topological polar surface area (TPSA) is 105 Å². The molecule has 0 radical (unpaired) electrons. The number of carbonyl (C=O) groups excluding carboxylic acids is 1. The molecule has 1 aliphatic rings. The summed E-state index contributed by atoms with van der Waals surface area (Å²) < 4.78 is 12.4. The second kappa shape index (κ2) is 7.18. The van der Waals surface area contributed by atoms with Gasteiger partial charge < -0.3 is 15.2 Å². The summed E-state index contributed by atoms with van der Waals surface area (Å²) in [6, 6.07) is 3.72. The highest BCUT2D eigenvalue weighted by molar-refractivity contribution is 5.73. The Morgan fingerprint density at radius 1 is 1.40 bits per heavy atom. The van der Waals surface area contributed by atoms with Gasteiger partial charge in [-0.3, -0.25) is 9.48 Å². The van der Waals surface area contributed by atoms with Gasteiger partial charge in [-0.25, -0.2) is 4.98 Å². The smallest absolute Gasteiger partial charge is 0.309 e. The summed E-state index contributed by atoms with van der Waals surface area (Å²) in [5, 5.41) is 8.14. The molecular formula is C17H23N5O3. The molecule has 1 aliphatic carbocycles. The molecule has 0 bridgehead atoms. The van der Waals surface area contributed by atoms with Crippen LogP contribution in [0.2, 0.25) is 0 Å². The summed E-state index contributed by atoms with van der Waals surface area (Å²) in [5.41, 5.74) is 8.76. The van der Waals surface area contributed by atoms with Crippen LogP contribution in [-0.4, -0.2) is 39.7 Å². The van der Waals surface area contributed by atoms with Gasteiger partial charge in [0.2, 0.25) is 0 Å². The van der Waals surface area contributed by atoms with E-state index in [9.17, 15) is 4.79 Å². The third kappa shape index (κ3) is 3.34. The van der Waals surface area contributed by atoms with Crippen molar-refractivity contribution in [3.05, 3.63) is 23.5 Å². The summed E-state index contributed by atoms with van der Waals surface area (Å²) in [7, 11) is 3.23. The second-order valence-electron chi connectivity index (χ2n) is 6.27. The normalized spacial score (nSPS) is 19.4. The molecule has 2 N–H and O–H groups in total. The molecular weight excluding hydrogens is 322 g/mol. The van der Waals surface area contributed by atoms with E-state index in [1.807, 2.05) is 19.1 Å². The van der Waals surface area contributed by atoms with E-state index in [0.29, 0.717) is 24.6 Å². The first-order valence-electron chi connectivity index (χ1n) is 8.32. The van der Waals surface area contributed by atoms with Crippen LogP contribution in [0, 0.1) is 18.8 Å². The predicted octanol–water partition coefficient (Wildman–Crippen LogP) is 1.22. The van der Waals surface area contributed by atoms with Gasteiger partial charge in [0.05, 0.1) is 36.7 Å². The summed E-state index contributed by atoms with van der Waals surface area (Å²) >= 11 is 0. The molecule has 3 rings (SSSR count). The molecule has 0 aliphatic heterocycles. The molecule has 1 saturated carbocycles. The van der Waals surface area contributed by atoms with Crippen LogP contribution in [0.1, 0.15) is 24.2 Å². The lowest BCUT2D eigenvalue weighted by Crippen LogP contribution is -2.37. The van der Waals surface area contributed by atoms with Crippen LogP contribution in [0.25, 0.3) is 11.4 Å². The van der Waals surface area contributed by atoms with E-state index in [4.69, 9.17) is 15.2 Å². The maximum atomic E-state index is 11.6. The first-order chi connectivity index (χ1) is 12.0. The maximum absolute atomic E-state index is 11.6. The third-order valence-electron chi connectivity index (χ3n) is 4.79. The predicted molar refractivity (Wildman–Crippen MR) is 90.6 cm³/mol. The number of carbonyl (C=O) groups is 1. The first kappa shape index (κ1) is 17.3. The molecule has 2 atom stereocenters. The van der Waals surface area contributed by atoms with Crippen molar-refractivity contribution < 1.29 is 14.3 Å². The maximum Gasteiger partial charge on any atom is 0.309 e. The molecule has 2 heterocycles. The highest BCUT2D eigenvalue weighted by atomic mass is 16.5. The molecule has 0 spiro atoms. The summed E-state index contributed by atoms with van der Waals surface area (Å²) in [6.45, 7) is 2.71. The van der Waals surface area contributed by atoms with Gasteiger partial charge in [-0.1, -0.05) is 5.21 Å². The van der Waals surface area contributed by atoms with Crippen LogP contribution < -0.4 is 10.5 Å². The van der Waals surface area contributed by atoms with Gasteiger partial charge in [0, 0.05) is 19.5 Å². The minimum absolute atomic E-state index is 0.0516. The molecule has 1 fully saturated rings. The number of nitrogens with zero attached hydrogens (tertiary/aromatic N) is 4. The number of aromatic nitrogens is 4. The fraction of sp³-hybridized carbons (Fsp3) is 0.529. The number of hydrogen-bond donors (Lipinski definition) is 1. The number of ether oxygens (including phenoxy) is 2. The van der Waals surface area contributed by atoms with E-state index >= 15 is 0 Å². The van der Waals surface area contributed by atoms with Crippen LogP contribution in [0.5, 0.6) is 5.75 Å². The van der Waals surface area contributed by atoms with Gasteiger partial charge in [0.25, 0.3) is 0 Å². The lowest BCUT2D eigenvalue weighted by Gasteiger charge is -2.34. The summed E-state index contributed by atoms with van der Waals surface area (Å²) in [4.78, 5) is 16.2. The van der Waals surface area contributed by atoms with Crippen molar-refractivity contribution in [1.82, 2.24) is 20.0 Å². The van der Waals surface area contributed by atoms with E-state index in [2.05, 4.69) is 15.3 Å². The Balaban J connectivity index is 1.69. The molecule has 25 heavy (non-hydrogen) atoms. The Morgan fingerprint density at radius 2 is 2.20 bits per heavy atom. The van der Waals surface area contributed by atoms with Crippen molar-refractivity contribution in [1.29, 1.82) is 0 Å².